The van der Waals surface area contributed by atoms with E-state index in [4.69, 9.17) is 0 Å². The fourth-order valence-corrected chi connectivity index (χ4v) is 2.00. The number of unbranched alkanes of at least 4 members (excludes halogenated alkanes) is 1. The number of rotatable bonds is 6. The Morgan fingerprint density at radius 2 is 2.00 bits per heavy atom. The van der Waals surface area contributed by atoms with E-state index in [1.165, 1.54) is 0 Å². The summed E-state index contributed by atoms with van der Waals surface area (Å²) in [5.74, 6) is 0.318. The first-order chi connectivity index (χ1) is 7.90. The molecule has 1 unspecified atom stereocenters. The van der Waals surface area contributed by atoms with Crippen LogP contribution in [0.5, 0.6) is 0 Å². The number of carbonyl (C=O) groups excluding carboxylic acids is 1. The minimum absolute atomic E-state index is 0.0734. The standard InChI is InChI=1S/C13H26N2O2/c1-5-6-7-14-12(16)11(4)15-8-13(17,9-15)10(2)3/h10-11,17H,5-9H2,1-4H3,(H,14,16). The van der Waals surface area contributed by atoms with Crippen molar-refractivity contribution >= 4 is 5.91 Å². The van der Waals surface area contributed by atoms with Gasteiger partial charge < -0.3 is 10.4 Å². The third-order valence-electron chi connectivity index (χ3n) is 3.79. The molecule has 0 aromatic rings. The van der Waals surface area contributed by atoms with E-state index in [9.17, 15) is 9.90 Å². The molecule has 1 amide bonds. The summed E-state index contributed by atoms with van der Waals surface area (Å²) in [7, 11) is 0. The fraction of sp³-hybridized carbons (Fsp3) is 0.923. The summed E-state index contributed by atoms with van der Waals surface area (Å²) in [5.41, 5.74) is -0.599. The molecule has 2 N–H and O–H groups in total. The zero-order valence-electron chi connectivity index (χ0n) is 11.5. The van der Waals surface area contributed by atoms with Crippen LogP contribution in [0.15, 0.2) is 0 Å². The maximum absolute atomic E-state index is 11.8. The van der Waals surface area contributed by atoms with Gasteiger partial charge >= 0.3 is 0 Å². The SMILES string of the molecule is CCCCNC(=O)C(C)N1CC(O)(C(C)C)C1. The van der Waals surface area contributed by atoms with E-state index < -0.39 is 5.60 Å². The van der Waals surface area contributed by atoms with Crippen molar-refractivity contribution in [2.45, 2.75) is 52.2 Å². The molecule has 0 aromatic carbocycles. The molecule has 100 valence electrons. The minimum Gasteiger partial charge on any atom is -0.387 e. The van der Waals surface area contributed by atoms with Crippen molar-refractivity contribution in [3.63, 3.8) is 0 Å². The number of hydrogen-bond acceptors (Lipinski definition) is 3. The molecule has 0 spiro atoms. The molecular formula is C13H26N2O2. The third-order valence-corrected chi connectivity index (χ3v) is 3.79. The molecule has 0 aliphatic carbocycles. The van der Waals surface area contributed by atoms with Crippen LogP contribution in [-0.4, -0.2) is 47.2 Å². The summed E-state index contributed by atoms with van der Waals surface area (Å²) in [4.78, 5) is 13.8. The van der Waals surface area contributed by atoms with Gasteiger partial charge in [-0.2, -0.15) is 0 Å². The summed E-state index contributed by atoms with van der Waals surface area (Å²) in [5, 5.41) is 13.1. The molecule has 0 saturated carbocycles. The molecule has 4 nitrogen and oxygen atoms in total. The van der Waals surface area contributed by atoms with E-state index in [0.717, 1.165) is 19.4 Å². The summed E-state index contributed by atoms with van der Waals surface area (Å²) in [6, 6.07) is -0.133. The van der Waals surface area contributed by atoms with E-state index in [1.807, 2.05) is 25.7 Å². The molecule has 1 rings (SSSR count). The molecule has 17 heavy (non-hydrogen) atoms. The Balaban J connectivity index is 2.31. The van der Waals surface area contributed by atoms with Gasteiger partial charge in [-0.1, -0.05) is 27.2 Å². The fourth-order valence-electron chi connectivity index (χ4n) is 2.00. The average molecular weight is 242 g/mol. The van der Waals surface area contributed by atoms with Crippen LogP contribution in [0.25, 0.3) is 0 Å². The molecule has 0 aromatic heterocycles. The second kappa shape index (κ2) is 5.83. The van der Waals surface area contributed by atoms with Crippen molar-refractivity contribution in [2.75, 3.05) is 19.6 Å². The number of nitrogens with zero attached hydrogens (tertiary/aromatic N) is 1. The van der Waals surface area contributed by atoms with E-state index in [2.05, 4.69) is 12.2 Å². The Morgan fingerprint density at radius 3 is 2.47 bits per heavy atom. The first-order valence-electron chi connectivity index (χ1n) is 6.65. The Kier molecular flexibility index (Phi) is 4.95. The topological polar surface area (TPSA) is 52.6 Å². The van der Waals surface area contributed by atoms with Crippen molar-refractivity contribution in [1.29, 1.82) is 0 Å². The zero-order chi connectivity index (χ0) is 13.1. The van der Waals surface area contributed by atoms with Gasteiger partial charge in [-0.25, -0.2) is 0 Å². The molecule has 0 bridgehead atoms. The van der Waals surface area contributed by atoms with Gasteiger partial charge in [-0.15, -0.1) is 0 Å². The van der Waals surface area contributed by atoms with Gasteiger partial charge in [0.25, 0.3) is 0 Å². The lowest BCUT2D eigenvalue weighted by atomic mass is 9.82. The van der Waals surface area contributed by atoms with Crippen molar-refractivity contribution in [2.24, 2.45) is 5.92 Å². The highest BCUT2D eigenvalue weighted by atomic mass is 16.3. The lowest BCUT2D eigenvalue weighted by Gasteiger charge is -2.51. The second-order valence-corrected chi connectivity index (χ2v) is 5.48. The van der Waals surface area contributed by atoms with Gasteiger partial charge in [-0.3, -0.25) is 9.69 Å². The number of β-amino-alcohol motifs (C(OH)–C–C–N with tert-alkyl or cyclic N) is 1. The van der Waals surface area contributed by atoms with Crippen molar-refractivity contribution in [3.05, 3.63) is 0 Å². The largest absolute Gasteiger partial charge is 0.387 e. The molecule has 0 radical (unpaired) electrons. The maximum atomic E-state index is 11.8. The summed E-state index contributed by atoms with van der Waals surface area (Å²) in [6.07, 6.45) is 2.11. The molecule has 4 heteroatoms. The van der Waals surface area contributed by atoms with Crippen molar-refractivity contribution < 1.29 is 9.90 Å². The van der Waals surface area contributed by atoms with Crippen LogP contribution in [-0.2, 0) is 4.79 Å². The zero-order valence-corrected chi connectivity index (χ0v) is 11.5. The predicted molar refractivity (Wildman–Crippen MR) is 68.7 cm³/mol. The number of nitrogens with one attached hydrogen (secondary N) is 1. The quantitative estimate of drug-likeness (QED) is 0.683. The summed E-state index contributed by atoms with van der Waals surface area (Å²) < 4.78 is 0. The van der Waals surface area contributed by atoms with Crippen molar-refractivity contribution in [1.82, 2.24) is 10.2 Å². The number of aliphatic hydroxyl groups is 1. The van der Waals surface area contributed by atoms with Crippen molar-refractivity contribution in [3.8, 4) is 0 Å². The van der Waals surface area contributed by atoms with E-state index >= 15 is 0 Å². The van der Waals surface area contributed by atoms with Gasteiger partial charge in [0.15, 0.2) is 0 Å². The van der Waals surface area contributed by atoms with Crippen LogP contribution in [0.2, 0.25) is 0 Å². The predicted octanol–water partition coefficient (Wildman–Crippen LogP) is 0.994. The first kappa shape index (κ1) is 14.5. The van der Waals surface area contributed by atoms with Gasteiger partial charge in [0.1, 0.15) is 0 Å². The minimum atomic E-state index is -0.599. The van der Waals surface area contributed by atoms with Crippen LogP contribution in [0.1, 0.15) is 40.5 Å². The molecule has 1 aliphatic rings. The second-order valence-electron chi connectivity index (χ2n) is 5.48. The maximum Gasteiger partial charge on any atom is 0.237 e. The molecule has 1 fully saturated rings. The smallest absolute Gasteiger partial charge is 0.237 e. The van der Waals surface area contributed by atoms with Gasteiger partial charge in [0.2, 0.25) is 5.91 Å². The highest BCUT2D eigenvalue weighted by molar-refractivity contribution is 5.81. The number of hydrogen-bond donors (Lipinski definition) is 2. The van der Waals surface area contributed by atoms with Crippen LogP contribution in [0.3, 0.4) is 0 Å². The van der Waals surface area contributed by atoms with Crippen LogP contribution >= 0.6 is 0 Å². The molecule has 1 atom stereocenters. The normalized spacial score (nSPS) is 21.1. The molecule has 1 aliphatic heterocycles. The summed E-state index contributed by atoms with van der Waals surface area (Å²) >= 11 is 0. The third kappa shape index (κ3) is 3.42. The van der Waals surface area contributed by atoms with E-state index in [1.54, 1.807) is 0 Å². The average Bonchev–Trinajstić information content (AvgIpc) is 2.23. The van der Waals surface area contributed by atoms with E-state index in [0.29, 0.717) is 13.1 Å². The lowest BCUT2D eigenvalue weighted by Crippen LogP contribution is -2.68. The van der Waals surface area contributed by atoms with Crippen LogP contribution in [0.4, 0.5) is 0 Å². The Morgan fingerprint density at radius 1 is 1.41 bits per heavy atom. The van der Waals surface area contributed by atoms with E-state index in [-0.39, 0.29) is 17.9 Å². The van der Waals surface area contributed by atoms with Crippen LogP contribution < -0.4 is 5.32 Å². The monoisotopic (exact) mass is 242 g/mol. The van der Waals surface area contributed by atoms with Gasteiger partial charge in [0, 0.05) is 19.6 Å². The lowest BCUT2D eigenvalue weighted by molar-refractivity contribution is -0.153. The first-order valence-corrected chi connectivity index (χ1v) is 6.65. The van der Waals surface area contributed by atoms with Gasteiger partial charge in [0.05, 0.1) is 11.6 Å². The number of amides is 1. The number of carbonyl (C=O) groups is 1. The van der Waals surface area contributed by atoms with Gasteiger partial charge in [-0.05, 0) is 19.3 Å². The number of likely N-dealkylation sites (tertiary alicyclic amines) is 1. The highest BCUT2D eigenvalue weighted by Gasteiger charge is 2.46. The molecule has 1 saturated heterocycles. The Labute approximate surface area is 104 Å². The molecular weight excluding hydrogens is 216 g/mol. The molecule has 1 heterocycles. The van der Waals surface area contributed by atoms with Crippen LogP contribution in [0, 0.1) is 5.92 Å². The Bertz CT molecular complexity index is 260. The summed E-state index contributed by atoms with van der Waals surface area (Å²) in [6.45, 7) is 10.0. The highest BCUT2D eigenvalue weighted by Crippen LogP contribution is 2.29. The Hall–Kier alpha value is -0.610.